The van der Waals surface area contributed by atoms with E-state index in [4.69, 9.17) is 23.2 Å². The van der Waals surface area contributed by atoms with Gasteiger partial charge in [-0.1, -0.05) is 25.4 Å². The van der Waals surface area contributed by atoms with Crippen LogP contribution in [0.2, 0.25) is 5.02 Å². The lowest BCUT2D eigenvalue weighted by atomic mass is 10.0. The van der Waals surface area contributed by atoms with Gasteiger partial charge in [0, 0.05) is 24.4 Å². The normalized spacial score (nSPS) is 13.3. The van der Waals surface area contributed by atoms with Gasteiger partial charge in [0.1, 0.15) is 11.6 Å². The second-order valence-electron chi connectivity index (χ2n) is 5.91. The van der Waals surface area contributed by atoms with Gasteiger partial charge in [0.2, 0.25) is 0 Å². The number of hydrogen-bond donors (Lipinski definition) is 0. The number of benzene rings is 1. The molecule has 0 spiro atoms. The Hall–Kier alpha value is -0.800. The molecule has 0 radical (unpaired) electrons. The fourth-order valence-electron chi connectivity index (χ4n) is 2.60. The molecule has 0 aliphatic heterocycles. The number of hydrogen-bond acceptors (Lipinski definition) is 1. The molecule has 0 aliphatic rings. The number of alkyl halides is 1. The summed E-state index contributed by atoms with van der Waals surface area (Å²) in [6.07, 6.45) is 2.82. The minimum absolute atomic E-state index is 0.111. The third-order valence-electron chi connectivity index (χ3n) is 3.73. The molecule has 0 amide bonds. The summed E-state index contributed by atoms with van der Waals surface area (Å²) in [7, 11) is 0. The van der Waals surface area contributed by atoms with Gasteiger partial charge in [-0.3, -0.25) is 0 Å². The zero-order valence-corrected chi connectivity index (χ0v) is 14.2. The van der Waals surface area contributed by atoms with Crippen molar-refractivity contribution in [3.8, 4) is 0 Å². The van der Waals surface area contributed by atoms with Crippen LogP contribution in [0, 0.1) is 11.7 Å². The van der Waals surface area contributed by atoms with Crippen LogP contribution in [0.1, 0.15) is 45.5 Å². The Bertz CT molecular complexity index is 622. The highest BCUT2D eigenvalue weighted by molar-refractivity contribution is 6.31. The van der Waals surface area contributed by atoms with E-state index in [1.807, 2.05) is 0 Å². The summed E-state index contributed by atoms with van der Waals surface area (Å²) in [5.74, 6) is 1.64. The zero-order valence-electron chi connectivity index (χ0n) is 12.7. The van der Waals surface area contributed by atoms with E-state index >= 15 is 0 Å². The lowest BCUT2D eigenvalue weighted by Gasteiger charge is -2.18. The quantitative estimate of drug-likeness (QED) is 0.629. The number of imidazole rings is 1. The monoisotopic (exact) mass is 330 g/mol. The molecule has 21 heavy (non-hydrogen) atoms. The Morgan fingerprint density at radius 3 is 2.57 bits per heavy atom. The number of aryl methyl sites for hydroxylation is 1. The molecule has 0 aliphatic carbocycles. The summed E-state index contributed by atoms with van der Waals surface area (Å²) in [5, 5.41) is 0.111. The minimum Gasteiger partial charge on any atom is -0.325 e. The highest BCUT2D eigenvalue weighted by atomic mass is 35.5. The summed E-state index contributed by atoms with van der Waals surface area (Å²) in [4.78, 5) is 4.58. The number of fused-ring (bicyclic) bond motifs is 1. The molecule has 1 aromatic heterocycles. The van der Waals surface area contributed by atoms with Crippen LogP contribution in [0.5, 0.6) is 0 Å². The number of nitrogens with zero attached hydrogens (tertiary/aromatic N) is 2. The first-order valence-corrected chi connectivity index (χ1v) is 8.27. The van der Waals surface area contributed by atoms with E-state index in [0.29, 0.717) is 18.2 Å². The molecule has 1 heterocycles. The van der Waals surface area contributed by atoms with Gasteiger partial charge < -0.3 is 4.57 Å². The van der Waals surface area contributed by atoms with Crippen LogP contribution >= 0.6 is 23.2 Å². The third kappa shape index (κ3) is 3.70. The fourth-order valence-corrected chi connectivity index (χ4v) is 2.92. The Morgan fingerprint density at radius 1 is 1.24 bits per heavy atom. The largest absolute Gasteiger partial charge is 0.325 e. The molecule has 1 aromatic carbocycles. The van der Waals surface area contributed by atoms with Crippen molar-refractivity contribution in [2.45, 2.75) is 46.1 Å². The molecule has 0 bridgehead atoms. The summed E-state index contributed by atoms with van der Waals surface area (Å²) >= 11 is 11.7. The molecule has 2 rings (SSSR count). The lowest BCUT2D eigenvalue weighted by Crippen LogP contribution is -2.11. The molecule has 0 saturated heterocycles. The van der Waals surface area contributed by atoms with E-state index in [-0.39, 0.29) is 11.1 Å². The Morgan fingerprint density at radius 2 is 1.95 bits per heavy atom. The average molecular weight is 331 g/mol. The molecule has 1 unspecified atom stereocenters. The summed E-state index contributed by atoms with van der Waals surface area (Å²) < 4.78 is 15.9. The van der Waals surface area contributed by atoms with Crippen molar-refractivity contribution >= 4 is 34.2 Å². The third-order valence-corrected chi connectivity index (χ3v) is 4.20. The highest BCUT2D eigenvalue weighted by Crippen LogP contribution is 2.29. The van der Waals surface area contributed by atoms with E-state index in [1.165, 1.54) is 6.07 Å². The first-order valence-electron chi connectivity index (χ1n) is 7.35. The lowest BCUT2D eigenvalue weighted by molar-refractivity contribution is 0.437. The van der Waals surface area contributed by atoms with Crippen molar-refractivity contribution in [3.63, 3.8) is 0 Å². The van der Waals surface area contributed by atoms with Crippen LogP contribution in [0.3, 0.4) is 0 Å². The van der Waals surface area contributed by atoms with Crippen LogP contribution < -0.4 is 0 Å². The maximum Gasteiger partial charge on any atom is 0.144 e. The smallest absolute Gasteiger partial charge is 0.144 e. The Balaban J connectivity index is 2.47. The summed E-state index contributed by atoms with van der Waals surface area (Å²) in [6.45, 7) is 6.56. The van der Waals surface area contributed by atoms with Crippen molar-refractivity contribution in [1.82, 2.24) is 9.55 Å². The van der Waals surface area contributed by atoms with E-state index in [2.05, 4.69) is 30.3 Å². The van der Waals surface area contributed by atoms with Gasteiger partial charge >= 0.3 is 0 Å². The number of rotatable bonds is 6. The summed E-state index contributed by atoms with van der Waals surface area (Å²) in [6, 6.07) is 3.33. The van der Waals surface area contributed by atoms with Crippen LogP contribution in [-0.2, 0) is 6.42 Å². The maximum absolute atomic E-state index is 13.8. The standard InChI is InChI=1S/C16H21Cl2FN2/c1-10(2)4-5-11(3)21-15-9-13(19)12(18)8-14(15)20-16(21)6-7-17/h8-11H,4-7H2,1-3H3. The highest BCUT2D eigenvalue weighted by Gasteiger charge is 2.17. The van der Waals surface area contributed by atoms with E-state index < -0.39 is 5.82 Å². The topological polar surface area (TPSA) is 17.8 Å². The maximum atomic E-state index is 13.8. The Kier molecular flexibility index (Phi) is 5.50. The molecule has 5 heteroatoms. The molecule has 2 nitrogen and oxygen atoms in total. The molecular formula is C16H21Cl2FN2. The molecule has 116 valence electrons. The van der Waals surface area contributed by atoms with Gasteiger partial charge in [-0.2, -0.15) is 0 Å². The SMILES string of the molecule is CC(C)CCC(C)n1c(CCCl)nc2cc(Cl)c(F)cc21. The van der Waals surface area contributed by atoms with Gasteiger partial charge in [0.05, 0.1) is 16.1 Å². The first-order chi connectivity index (χ1) is 9.93. The van der Waals surface area contributed by atoms with E-state index in [0.717, 1.165) is 29.7 Å². The number of aromatic nitrogens is 2. The Labute approximate surface area is 135 Å². The van der Waals surface area contributed by atoms with Crippen molar-refractivity contribution in [2.75, 3.05) is 5.88 Å². The average Bonchev–Trinajstić information content (AvgIpc) is 2.74. The van der Waals surface area contributed by atoms with Crippen molar-refractivity contribution in [2.24, 2.45) is 5.92 Å². The van der Waals surface area contributed by atoms with Gasteiger partial charge in [-0.25, -0.2) is 9.37 Å². The molecule has 2 aromatic rings. The first kappa shape index (κ1) is 16.6. The van der Waals surface area contributed by atoms with Crippen LogP contribution in [0.15, 0.2) is 12.1 Å². The van der Waals surface area contributed by atoms with Crippen molar-refractivity contribution in [3.05, 3.63) is 28.8 Å². The van der Waals surface area contributed by atoms with Crippen LogP contribution in [-0.4, -0.2) is 15.4 Å². The zero-order chi connectivity index (χ0) is 15.6. The van der Waals surface area contributed by atoms with E-state index in [9.17, 15) is 4.39 Å². The predicted molar refractivity (Wildman–Crippen MR) is 87.9 cm³/mol. The van der Waals surface area contributed by atoms with Gasteiger partial charge in [0.25, 0.3) is 0 Å². The van der Waals surface area contributed by atoms with Gasteiger partial charge in [0.15, 0.2) is 0 Å². The van der Waals surface area contributed by atoms with Crippen molar-refractivity contribution < 1.29 is 4.39 Å². The molecule has 0 fully saturated rings. The predicted octanol–water partition coefficient (Wildman–Crippen LogP) is 5.61. The molecule has 0 N–H and O–H groups in total. The number of halogens is 3. The molecular weight excluding hydrogens is 310 g/mol. The summed E-state index contributed by atoms with van der Waals surface area (Å²) in [5.41, 5.74) is 1.53. The van der Waals surface area contributed by atoms with Crippen LogP contribution in [0.4, 0.5) is 4.39 Å². The van der Waals surface area contributed by atoms with Gasteiger partial charge in [-0.15, -0.1) is 11.6 Å². The second kappa shape index (κ2) is 6.97. The minimum atomic E-state index is -0.404. The van der Waals surface area contributed by atoms with E-state index in [1.54, 1.807) is 6.07 Å². The fraction of sp³-hybridized carbons (Fsp3) is 0.562. The van der Waals surface area contributed by atoms with Crippen LogP contribution in [0.25, 0.3) is 11.0 Å². The van der Waals surface area contributed by atoms with Gasteiger partial charge in [-0.05, 0) is 31.7 Å². The molecule has 1 atom stereocenters. The second-order valence-corrected chi connectivity index (χ2v) is 6.70. The molecule has 0 saturated carbocycles. The van der Waals surface area contributed by atoms with Crippen molar-refractivity contribution in [1.29, 1.82) is 0 Å².